The lowest BCUT2D eigenvalue weighted by atomic mass is 9.80. The second-order valence-electron chi connectivity index (χ2n) is 13.4. The second kappa shape index (κ2) is 12.4. The van der Waals surface area contributed by atoms with Gasteiger partial charge in [-0.05, 0) is 48.5 Å². The van der Waals surface area contributed by atoms with Crippen LogP contribution in [0.2, 0.25) is 16.6 Å². The Hall–Kier alpha value is -3.56. The van der Waals surface area contributed by atoms with E-state index in [1.54, 1.807) is 0 Å². The zero-order valence-corrected chi connectivity index (χ0v) is 28.8. The van der Waals surface area contributed by atoms with Gasteiger partial charge in [0.15, 0.2) is 0 Å². The number of aromatic amines is 1. The first kappa shape index (κ1) is 31.8. The van der Waals surface area contributed by atoms with Crippen molar-refractivity contribution in [3.63, 3.8) is 0 Å². The third-order valence-corrected chi connectivity index (χ3v) is 15.8. The van der Waals surface area contributed by atoms with E-state index in [-0.39, 0.29) is 18.0 Å². The van der Waals surface area contributed by atoms with Crippen molar-refractivity contribution in [2.45, 2.75) is 109 Å². The van der Waals surface area contributed by atoms with E-state index in [1.165, 1.54) is 0 Å². The Bertz CT molecular complexity index is 1630. The molecule has 4 aromatic rings. The van der Waals surface area contributed by atoms with E-state index in [0.717, 1.165) is 45.4 Å². The number of nitrogens with two attached hydrogens (primary N) is 1. The van der Waals surface area contributed by atoms with Crippen molar-refractivity contribution >= 4 is 31.0 Å². The maximum Gasteiger partial charge on any atom is 0.215 e. The van der Waals surface area contributed by atoms with Crippen LogP contribution in [0.25, 0.3) is 22.2 Å². The molecule has 2 unspecified atom stereocenters. The van der Waals surface area contributed by atoms with Crippen molar-refractivity contribution in [1.29, 1.82) is 0 Å². The summed E-state index contributed by atoms with van der Waals surface area (Å²) in [4.78, 5) is 18.0. The van der Waals surface area contributed by atoms with Gasteiger partial charge >= 0.3 is 0 Å². The first-order valence-corrected chi connectivity index (χ1v) is 18.3. The normalized spacial score (nSPS) is 17.5. The Morgan fingerprint density at radius 2 is 1.68 bits per heavy atom. The third kappa shape index (κ3) is 5.56. The van der Waals surface area contributed by atoms with E-state index in [4.69, 9.17) is 25.1 Å². The summed E-state index contributed by atoms with van der Waals surface area (Å²) in [7, 11) is -2.33. The molecule has 8 nitrogen and oxygen atoms in total. The van der Waals surface area contributed by atoms with Gasteiger partial charge in [-0.2, -0.15) is 5.10 Å². The largest absolute Gasteiger partial charge is 0.404 e. The fraction of sp³-hybridized carbons (Fsp3) is 0.486. The number of H-pyrrole nitrogens is 1. The average Bonchev–Trinajstić information content (AvgIpc) is 3.65. The molecule has 0 amide bonds. The van der Waals surface area contributed by atoms with Crippen LogP contribution in [0, 0.1) is 0 Å². The number of aromatic nitrogens is 4. The van der Waals surface area contributed by atoms with Gasteiger partial charge in [0, 0.05) is 53.1 Å². The van der Waals surface area contributed by atoms with Crippen molar-refractivity contribution in [3.8, 4) is 11.1 Å². The van der Waals surface area contributed by atoms with Gasteiger partial charge < -0.3 is 15.1 Å². The predicted molar refractivity (Wildman–Crippen MR) is 185 cm³/mol. The quantitative estimate of drug-likeness (QED) is 0.166. The minimum atomic E-state index is -2.33. The average molecular weight is 612 g/mol. The van der Waals surface area contributed by atoms with Crippen LogP contribution in [0.15, 0.2) is 71.2 Å². The maximum absolute atomic E-state index is 7.78. The Labute approximate surface area is 263 Å². The van der Waals surface area contributed by atoms with E-state index in [9.17, 15) is 0 Å². The van der Waals surface area contributed by atoms with Gasteiger partial charge in [-0.25, -0.2) is 15.0 Å². The molecular formula is C35H49N7OSi. The van der Waals surface area contributed by atoms with Crippen molar-refractivity contribution in [2.75, 3.05) is 0 Å². The molecule has 2 atom stereocenters. The van der Waals surface area contributed by atoms with E-state index in [2.05, 4.69) is 115 Å². The molecule has 0 saturated carbocycles. The number of benzene rings is 1. The number of hydrogen-bond donors (Lipinski definition) is 2. The Balaban J connectivity index is 1.60. The Morgan fingerprint density at radius 1 is 1.00 bits per heavy atom. The molecule has 4 heterocycles. The van der Waals surface area contributed by atoms with Crippen molar-refractivity contribution in [3.05, 3.63) is 72.3 Å². The molecule has 5 rings (SSSR count). The molecule has 0 bridgehead atoms. The zero-order valence-electron chi connectivity index (χ0n) is 27.8. The molecule has 3 aromatic heterocycles. The van der Waals surface area contributed by atoms with Gasteiger partial charge in [-0.15, -0.1) is 0 Å². The van der Waals surface area contributed by atoms with Gasteiger partial charge in [0.25, 0.3) is 0 Å². The highest BCUT2D eigenvalue weighted by atomic mass is 28.4. The highest BCUT2D eigenvalue weighted by molar-refractivity contribution is 6.77. The SMILES string of the molecule is CCC(O[Si](C(C)C)(C(C)C)C(C)C)(c1ccccc1)C1CC(c2c[nH]c3ncc(-c4cnn(C(C)C)c4)cc23)=NC(N)=N1. The lowest BCUT2D eigenvalue weighted by molar-refractivity contribution is 0.0169. The summed E-state index contributed by atoms with van der Waals surface area (Å²) in [5.41, 5.74) is 13.1. The van der Waals surface area contributed by atoms with E-state index < -0.39 is 13.9 Å². The molecule has 44 heavy (non-hydrogen) atoms. The number of pyridine rings is 1. The minimum absolute atomic E-state index is 0.240. The summed E-state index contributed by atoms with van der Waals surface area (Å²) in [5.74, 6) is 0.288. The molecule has 0 spiro atoms. The van der Waals surface area contributed by atoms with Gasteiger partial charge in [-0.1, -0.05) is 78.8 Å². The standard InChI is InChI=1S/C35H49N7OSi/c1-10-35(28-14-12-11-13-15-28,43-44(23(4)5,24(6)7)25(8)9)32-17-31(40-34(36)41-32)30-20-38-33-29(30)16-26(18-37-33)27-19-39-42(21-27)22(2)3/h11-16,18-25,32H,10,17H2,1-9H3,(H2,36,41)(H,37,38). The van der Waals surface area contributed by atoms with Crippen molar-refractivity contribution in [2.24, 2.45) is 15.7 Å². The molecular weight excluding hydrogens is 563 g/mol. The highest BCUT2D eigenvalue weighted by Crippen LogP contribution is 2.50. The van der Waals surface area contributed by atoms with Crippen LogP contribution in [0.1, 0.15) is 92.3 Å². The topological polar surface area (TPSA) is 106 Å². The summed E-state index contributed by atoms with van der Waals surface area (Å²) in [6.07, 6.45) is 9.23. The molecule has 3 N–H and O–H groups in total. The number of rotatable bonds is 11. The predicted octanol–water partition coefficient (Wildman–Crippen LogP) is 8.38. The van der Waals surface area contributed by atoms with Crippen LogP contribution >= 0.6 is 0 Å². The Morgan fingerprint density at radius 3 is 2.27 bits per heavy atom. The fourth-order valence-electron chi connectivity index (χ4n) is 7.43. The highest BCUT2D eigenvalue weighted by Gasteiger charge is 2.54. The lowest BCUT2D eigenvalue weighted by Gasteiger charge is -2.52. The first-order chi connectivity index (χ1) is 20.9. The molecule has 1 aromatic carbocycles. The van der Waals surface area contributed by atoms with Crippen LogP contribution in [0.5, 0.6) is 0 Å². The number of hydrogen-bond acceptors (Lipinski definition) is 6. The first-order valence-electron chi connectivity index (χ1n) is 16.1. The Kier molecular flexibility index (Phi) is 9.00. The number of guanidine groups is 1. The van der Waals surface area contributed by atoms with Crippen molar-refractivity contribution < 1.29 is 4.43 Å². The van der Waals surface area contributed by atoms with Crippen LogP contribution < -0.4 is 5.73 Å². The summed E-state index contributed by atoms with van der Waals surface area (Å²) in [5, 5.41) is 5.54. The molecule has 0 saturated heterocycles. The van der Waals surface area contributed by atoms with Gasteiger partial charge in [0.1, 0.15) is 11.2 Å². The van der Waals surface area contributed by atoms with Crippen molar-refractivity contribution in [1.82, 2.24) is 19.7 Å². The molecule has 9 heteroatoms. The summed E-state index contributed by atoms with van der Waals surface area (Å²) < 4.78 is 9.74. The molecule has 0 fully saturated rings. The molecule has 1 aliphatic rings. The van der Waals surface area contributed by atoms with Crippen LogP contribution in [-0.4, -0.2) is 45.8 Å². The lowest BCUT2D eigenvalue weighted by Crippen LogP contribution is -2.57. The van der Waals surface area contributed by atoms with E-state index in [0.29, 0.717) is 23.0 Å². The van der Waals surface area contributed by atoms with E-state index >= 15 is 0 Å². The fourth-order valence-corrected chi connectivity index (χ4v) is 13.2. The molecule has 1 aliphatic heterocycles. The summed E-state index contributed by atoms with van der Waals surface area (Å²) in [6, 6.07) is 12.9. The monoisotopic (exact) mass is 611 g/mol. The molecule has 0 aliphatic carbocycles. The summed E-state index contributed by atoms with van der Waals surface area (Å²) in [6.45, 7) is 20.5. The van der Waals surface area contributed by atoms with Crippen LogP contribution in [0.3, 0.4) is 0 Å². The number of fused-ring (bicyclic) bond motifs is 1. The molecule has 234 valence electrons. The zero-order chi connectivity index (χ0) is 31.8. The number of aliphatic imine (C=N–C) groups is 2. The number of nitrogens with zero attached hydrogens (tertiary/aromatic N) is 5. The van der Waals surface area contributed by atoms with Crippen LogP contribution in [0.4, 0.5) is 0 Å². The number of nitrogens with one attached hydrogen (secondary N) is 1. The third-order valence-electron chi connectivity index (χ3n) is 9.62. The summed E-state index contributed by atoms with van der Waals surface area (Å²) >= 11 is 0. The second-order valence-corrected chi connectivity index (χ2v) is 18.8. The maximum atomic E-state index is 7.78. The van der Waals surface area contributed by atoms with Crippen LogP contribution in [-0.2, 0) is 10.0 Å². The van der Waals surface area contributed by atoms with Gasteiger partial charge in [0.05, 0.1) is 18.0 Å². The van der Waals surface area contributed by atoms with E-state index in [1.807, 2.05) is 23.3 Å². The van der Waals surface area contributed by atoms with Gasteiger partial charge in [-0.3, -0.25) is 4.68 Å². The van der Waals surface area contributed by atoms with Gasteiger partial charge in [0.2, 0.25) is 14.3 Å². The smallest absolute Gasteiger partial charge is 0.215 e. The molecule has 0 radical (unpaired) electrons. The minimum Gasteiger partial charge on any atom is -0.404 e.